The minimum absolute atomic E-state index is 0.0110. The fourth-order valence-electron chi connectivity index (χ4n) is 4.74. The molecule has 11 heteroatoms. The number of likely N-dealkylation sites (tertiary alicyclic amines) is 1. The van der Waals surface area contributed by atoms with Gasteiger partial charge in [-0.05, 0) is 41.5 Å². The topological polar surface area (TPSA) is 64.4 Å². The molecule has 4 rings (SSSR count). The number of halogens is 5. The van der Waals surface area contributed by atoms with E-state index < -0.39 is 42.0 Å². The number of carbonyl (C=O) groups excluding carboxylic acids is 1. The summed E-state index contributed by atoms with van der Waals surface area (Å²) in [5.41, 5.74) is -0.178. The van der Waals surface area contributed by atoms with E-state index in [0.29, 0.717) is 10.9 Å². The van der Waals surface area contributed by atoms with Gasteiger partial charge >= 0.3 is 6.36 Å². The highest BCUT2D eigenvalue weighted by Crippen LogP contribution is 2.39. The predicted octanol–water partition coefficient (Wildman–Crippen LogP) is 5.25. The lowest BCUT2D eigenvalue weighted by Gasteiger charge is -2.40. The molecule has 3 heterocycles. The van der Waals surface area contributed by atoms with Crippen LogP contribution in [0.4, 0.5) is 22.0 Å². The number of benzene rings is 1. The molecule has 1 fully saturated rings. The van der Waals surface area contributed by atoms with Gasteiger partial charge in [-0.3, -0.25) is 14.6 Å². The molecule has 0 N–H and O–H groups in total. The third-order valence-corrected chi connectivity index (χ3v) is 6.48. The fourth-order valence-corrected chi connectivity index (χ4v) is 4.74. The van der Waals surface area contributed by atoms with Crippen molar-refractivity contribution >= 4 is 16.7 Å². The van der Waals surface area contributed by atoms with Crippen LogP contribution >= 0.6 is 0 Å². The number of carbonyl (C=O) groups is 1. The Labute approximate surface area is 203 Å². The summed E-state index contributed by atoms with van der Waals surface area (Å²) in [7, 11) is 1.49. The average molecular weight is 509 g/mol. The number of aromatic nitrogens is 2. The van der Waals surface area contributed by atoms with E-state index in [4.69, 9.17) is 0 Å². The van der Waals surface area contributed by atoms with Gasteiger partial charge in [0.15, 0.2) is 0 Å². The number of pyridine rings is 2. The van der Waals surface area contributed by atoms with Crippen molar-refractivity contribution in [2.75, 3.05) is 13.1 Å². The first-order valence-corrected chi connectivity index (χ1v) is 11.3. The summed E-state index contributed by atoms with van der Waals surface area (Å²) < 4.78 is 74.6. The summed E-state index contributed by atoms with van der Waals surface area (Å²) in [6.07, 6.45) is -0.847. The Morgan fingerprint density at radius 1 is 1.19 bits per heavy atom. The van der Waals surface area contributed by atoms with Crippen LogP contribution in [0.15, 0.2) is 47.7 Å². The molecule has 0 spiro atoms. The third-order valence-electron chi connectivity index (χ3n) is 6.48. The quantitative estimate of drug-likeness (QED) is 0.451. The van der Waals surface area contributed by atoms with E-state index in [1.807, 2.05) is 0 Å². The SMILES string of the molecule is CC(C)C1CCN(C(=O)c2ccc(-c3cn(C)c(=O)c4cnccc34)cc2OC(F)(F)F)CC1(F)F. The van der Waals surface area contributed by atoms with Crippen molar-refractivity contribution in [1.82, 2.24) is 14.5 Å². The van der Waals surface area contributed by atoms with Crippen LogP contribution in [0.5, 0.6) is 5.75 Å². The fraction of sp³-hybridized carbons (Fsp3) is 0.400. The number of ether oxygens (including phenoxy) is 1. The first kappa shape index (κ1) is 25.6. The number of amides is 1. The van der Waals surface area contributed by atoms with Gasteiger partial charge in [0.25, 0.3) is 17.4 Å². The lowest BCUT2D eigenvalue weighted by molar-refractivity contribution is -0.274. The number of rotatable bonds is 4. The largest absolute Gasteiger partial charge is 0.573 e. The Bertz CT molecular complexity index is 1370. The summed E-state index contributed by atoms with van der Waals surface area (Å²) in [5.74, 6) is -6.20. The molecule has 1 aromatic carbocycles. The number of hydrogen-bond acceptors (Lipinski definition) is 4. The number of hydrogen-bond donors (Lipinski definition) is 0. The van der Waals surface area contributed by atoms with Gasteiger partial charge in [-0.1, -0.05) is 19.9 Å². The first-order chi connectivity index (χ1) is 16.8. The van der Waals surface area contributed by atoms with Crippen molar-refractivity contribution in [3.8, 4) is 16.9 Å². The molecule has 1 amide bonds. The molecule has 1 saturated heterocycles. The molecule has 0 bridgehead atoms. The highest BCUT2D eigenvalue weighted by atomic mass is 19.4. The Hall–Kier alpha value is -3.50. The Kier molecular flexibility index (Phi) is 6.52. The molecular formula is C25H24F5N3O3. The lowest BCUT2D eigenvalue weighted by Crippen LogP contribution is -2.52. The lowest BCUT2D eigenvalue weighted by atomic mass is 9.83. The van der Waals surface area contributed by atoms with Gasteiger partial charge in [-0.25, -0.2) is 8.78 Å². The van der Waals surface area contributed by atoms with E-state index in [1.54, 1.807) is 19.9 Å². The Morgan fingerprint density at radius 3 is 2.56 bits per heavy atom. The number of piperidine rings is 1. The predicted molar refractivity (Wildman–Crippen MR) is 123 cm³/mol. The van der Waals surface area contributed by atoms with Gasteiger partial charge in [-0.15, -0.1) is 13.2 Å². The highest BCUT2D eigenvalue weighted by Gasteiger charge is 2.47. The summed E-state index contributed by atoms with van der Waals surface area (Å²) in [5, 5.41) is 0.701. The van der Waals surface area contributed by atoms with Crippen LogP contribution in [0.1, 0.15) is 30.6 Å². The monoisotopic (exact) mass is 509 g/mol. The molecule has 192 valence electrons. The maximum absolute atomic E-state index is 14.7. The first-order valence-electron chi connectivity index (χ1n) is 11.3. The normalized spacial score (nSPS) is 18.0. The van der Waals surface area contributed by atoms with E-state index in [-0.39, 0.29) is 35.4 Å². The van der Waals surface area contributed by atoms with Crippen LogP contribution in [0, 0.1) is 11.8 Å². The molecule has 36 heavy (non-hydrogen) atoms. The zero-order chi connectivity index (χ0) is 26.4. The molecule has 1 unspecified atom stereocenters. The van der Waals surface area contributed by atoms with Crippen LogP contribution in [-0.2, 0) is 7.05 Å². The molecule has 6 nitrogen and oxygen atoms in total. The number of nitrogens with zero attached hydrogens (tertiary/aromatic N) is 3. The van der Waals surface area contributed by atoms with Crippen molar-refractivity contribution in [3.05, 3.63) is 58.8 Å². The molecule has 1 atom stereocenters. The van der Waals surface area contributed by atoms with Crippen LogP contribution < -0.4 is 10.3 Å². The van der Waals surface area contributed by atoms with Crippen LogP contribution in [0.2, 0.25) is 0 Å². The molecule has 2 aromatic heterocycles. The van der Waals surface area contributed by atoms with E-state index >= 15 is 0 Å². The van der Waals surface area contributed by atoms with E-state index in [1.165, 1.54) is 36.3 Å². The maximum atomic E-state index is 14.7. The minimum Gasteiger partial charge on any atom is -0.405 e. The van der Waals surface area contributed by atoms with Gasteiger partial charge in [0.2, 0.25) is 0 Å². The average Bonchev–Trinajstić information content (AvgIpc) is 2.79. The molecule has 1 aliphatic heterocycles. The van der Waals surface area contributed by atoms with Gasteiger partial charge in [-0.2, -0.15) is 0 Å². The van der Waals surface area contributed by atoms with Gasteiger partial charge < -0.3 is 14.2 Å². The Balaban J connectivity index is 1.78. The standard InChI is InChI=1S/C25H24F5N3O3/c1-14(2)20-7-9-33(13-24(20,26)27)23(35)17-5-4-15(10-21(17)36-25(28,29)30)19-12-32(3)22(34)18-11-31-8-6-16(18)19/h4-6,8,10-12,14,20H,7,9,13H2,1-3H3. The molecule has 0 aliphatic carbocycles. The van der Waals surface area contributed by atoms with E-state index in [9.17, 15) is 31.5 Å². The molecule has 3 aromatic rings. The van der Waals surface area contributed by atoms with Crippen LogP contribution in [0.25, 0.3) is 21.9 Å². The molecule has 1 aliphatic rings. The van der Waals surface area contributed by atoms with E-state index in [2.05, 4.69) is 9.72 Å². The van der Waals surface area contributed by atoms with Crippen molar-refractivity contribution in [1.29, 1.82) is 0 Å². The van der Waals surface area contributed by atoms with Gasteiger partial charge in [0.05, 0.1) is 17.5 Å². The zero-order valence-corrected chi connectivity index (χ0v) is 19.8. The zero-order valence-electron chi connectivity index (χ0n) is 19.8. The molecular weight excluding hydrogens is 485 g/mol. The summed E-state index contributed by atoms with van der Waals surface area (Å²) in [6.45, 7) is 2.44. The van der Waals surface area contributed by atoms with Crippen molar-refractivity contribution in [3.63, 3.8) is 0 Å². The summed E-state index contributed by atoms with van der Waals surface area (Å²) >= 11 is 0. The van der Waals surface area contributed by atoms with Crippen LogP contribution in [-0.4, -0.2) is 45.7 Å². The van der Waals surface area contributed by atoms with Crippen molar-refractivity contribution < 1.29 is 31.5 Å². The Morgan fingerprint density at radius 2 is 1.92 bits per heavy atom. The highest BCUT2D eigenvalue weighted by molar-refractivity contribution is 6.00. The smallest absolute Gasteiger partial charge is 0.405 e. The molecule has 0 radical (unpaired) electrons. The molecule has 0 saturated carbocycles. The summed E-state index contributed by atoms with van der Waals surface area (Å²) in [6, 6.07) is 5.11. The maximum Gasteiger partial charge on any atom is 0.573 e. The van der Waals surface area contributed by atoms with Gasteiger partial charge in [0.1, 0.15) is 5.75 Å². The van der Waals surface area contributed by atoms with E-state index in [0.717, 1.165) is 17.0 Å². The number of aryl methyl sites for hydroxylation is 1. The second kappa shape index (κ2) is 9.18. The third kappa shape index (κ3) is 4.91. The minimum atomic E-state index is -5.13. The van der Waals surface area contributed by atoms with Crippen molar-refractivity contribution in [2.45, 2.75) is 32.6 Å². The van der Waals surface area contributed by atoms with Crippen LogP contribution in [0.3, 0.4) is 0 Å². The second-order valence-electron chi connectivity index (χ2n) is 9.27. The summed E-state index contributed by atoms with van der Waals surface area (Å²) in [4.78, 5) is 30.4. The van der Waals surface area contributed by atoms with Crippen molar-refractivity contribution in [2.24, 2.45) is 18.9 Å². The number of alkyl halides is 5. The second-order valence-corrected chi connectivity index (χ2v) is 9.27. The van der Waals surface area contributed by atoms with Gasteiger partial charge in [0, 0.05) is 43.7 Å². The number of fused-ring (bicyclic) bond motifs is 1.